The van der Waals surface area contributed by atoms with Crippen molar-refractivity contribution in [3.05, 3.63) is 174 Å². The average molecular weight is 636 g/mol. The Kier molecular flexibility index (Phi) is 6.56. The van der Waals surface area contributed by atoms with Gasteiger partial charge in [0.05, 0.1) is 57.6 Å². The summed E-state index contributed by atoms with van der Waals surface area (Å²) in [4.78, 5) is 3.96. The minimum atomic E-state index is 0.557. The van der Waals surface area contributed by atoms with E-state index in [2.05, 4.69) is 105 Å². The molecule has 2 aromatic heterocycles. The molecule has 5 heteroatoms. The molecule has 0 N–H and O–H groups in total. The van der Waals surface area contributed by atoms with Crippen molar-refractivity contribution in [2.45, 2.75) is 0 Å². The largest absolute Gasteiger partial charge is 0.318 e. The van der Waals surface area contributed by atoms with E-state index in [0.29, 0.717) is 16.8 Å². The van der Waals surface area contributed by atoms with E-state index >= 15 is 0 Å². The number of hydrogen-bond acceptors (Lipinski definition) is 2. The van der Waals surface area contributed by atoms with Crippen LogP contribution < -0.4 is 0 Å². The topological polar surface area (TPSA) is 61.8 Å². The molecule has 0 spiro atoms. The number of rotatable bonds is 4. The summed E-state index contributed by atoms with van der Waals surface area (Å²) in [5.41, 5.74) is 11.8. The van der Waals surface area contributed by atoms with Crippen LogP contribution in [0.3, 0.4) is 0 Å². The van der Waals surface area contributed by atoms with Gasteiger partial charge in [0.1, 0.15) is 0 Å². The van der Waals surface area contributed by atoms with Gasteiger partial charge in [-0.2, -0.15) is 10.5 Å². The van der Waals surface area contributed by atoms with Crippen LogP contribution in [0.15, 0.2) is 152 Å². The average Bonchev–Trinajstić information content (AvgIpc) is 3.69. The molecule has 0 aliphatic rings. The second-order valence-electron chi connectivity index (χ2n) is 12.3. The summed E-state index contributed by atoms with van der Waals surface area (Å²) >= 11 is 0. The molecule has 0 aliphatic heterocycles. The molecule has 0 aliphatic carbocycles. The summed E-state index contributed by atoms with van der Waals surface area (Å²) in [5.74, 6) is 0. The Morgan fingerprint density at radius 2 is 1.02 bits per heavy atom. The quantitative estimate of drug-likeness (QED) is 0.181. The Balaban J connectivity index is 1.13. The number of aromatic nitrogens is 2. The molecule has 0 bridgehead atoms. The first kappa shape index (κ1) is 28.8. The zero-order valence-electron chi connectivity index (χ0n) is 26.7. The zero-order valence-corrected chi connectivity index (χ0v) is 26.7. The SMILES string of the molecule is [C-]#[N+]c1cccc(-c2ccc(-c3ccc(-n4c5ccccc5c5ccc(C#N)cc54)cc3)cc2)c1-n1c2ccccc2c2cc(C#N)ccc21. The van der Waals surface area contributed by atoms with Gasteiger partial charge in [-0.3, -0.25) is 0 Å². The second kappa shape index (κ2) is 11.4. The van der Waals surface area contributed by atoms with Crippen molar-refractivity contribution >= 4 is 49.3 Å². The predicted octanol–water partition coefficient (Wildman–Crippen LogP) is 11.5. The Bertz CT molecular complexity index is 2940. The summed E-state index contributed by atoms with van der Waals surface area (Å²) < 4.78 is 4.38. The Hall–Kier alpha value is -7.39. The Morgan fingerprint density at radius 1 is 0.460 bits per heavy atom. The lowest BCUT2D eigenvalue weighted by Gasteiger charge is -2.16. The monoisotopic (exact) mass is 635 g/mol. The molecule has 0 amide bonds. The van der Waals surface area contributed by atoms with Crippen LogP contribution in [0, 0.1) is 29.2 Å². The van der Waals surface area contributed by atoms with Crippen molar-refractivity contribution in [2.24, 2.45) is 0 Å². The fourth-order valence-corrected chi connectivity index (χ4v) is 7.34. The van der Waals surface area contributed by atoms with Crippen LogP contribution in [0.1, 0.15) is 11.1 Å². The lowest BCUT2D eigenvalue weighted by molar-refractivity contribution is 1.18. The first-order valence-corrected chi connectivity index (χ1v) is 16.3. The van der Waals surface area contributed by atoms with Crippen LogP contribution in [-0.2, 0) is 0 Å². The third-order valence-electron chi connectivity index (χ3n) is 9.62. The molecule has 0 fully saturated rings. The van der Waals surface area contributed by atoms with E-state index in [-0.39, 0.29) is 0 Å². The molecule has 9 aromatic rings. The Morgan fingerprint density at radius 3 is 1.72 bits per heavy atom. The van der Waals surface area contributed by atoms with E-state index in [1.807, 2.05) is 72.8 Å². The standard InChI is InChI=1S/C45H25N5/c1-48-40-10-6-9-35(45(40)50-42-12-5-3-8-37(42)39-25-29(27-46)14-24-43(39)50)33-17-15-31(16-18-33)32-19-21-34(22-20-32)49-41-11-4-2-7-36(41)38-23-13-30(28-47)26-44(38)49/h2-26H. The van der Waals surface area contributed by atoms with Crippen molar-refractivity contribution in [3.63, 3.8) is 0 Å². The van der Waals surface area contributed by atoms with Crippen molar-refractivity contribution in [1.82, 2.24) is 9.13 Å². The second-order valence-corrected chi connectivity index (χ2v) is 12.3. The van der Waals surface area contributed by atoms with Gasteiger partial charge in [0.15, 0.2) is 0 Å². The molecule has 0 unspecified atom stereocenters. The van der Waals surface area contributed by atoms with Gasteiger partial charge in [-0.05, 0) is 76.9 Å². The van der Waals surface area contributed by atoms with Gasteiger partial charge < -0.3 is 9.13 Å². The van der Waals surface area contributed by atoms with Gasteiger partial charge in [0.2, 0.25) is 5.69 Å². The lowest BCUT2D eigenvalue weighted by Crippen LogP contribution is -1.98. The minimum absolute atomic E-state index is 0.557. The molecule has 9 rings (SSSR count). The number of hydrogen-bond donors (Lipinski definition) is 0. The molecular formula is C45H25N5. The third kappa shape index (κ3) is 4.38. The molecule has 50 heavy (non-hydrogen) atoms. The van der Waals surface area contributed by atoms with Gasteiger partial charge in [-0.1, -0.05) is 97.1 Å². The molecular weight excluding hydrogens is 611 g/mol. The number of para-hydroxylation sites is 3. The van der Waals surface area contributed by atoms with Crippen LogP contribution in [0.5, 0.6) is 0 Å². The molecule has 0 saturated carbocycles. The molecule has 2 heterocycles. The third-order valence-corrected chi connectivity index (χ3v) is 9.62. The van der Waals surface area contributed by atoms with E-state index in [4.69, 9.17) is 6.57 Å². The molecule has 5 nitrogen and oxygen atoms in total. The summed E-state index contributed by atoms with van der Waals surface area (Å²) in [6.45, 7) is 8.10. The van der Waals surface area contributed by atoms with Crippen LogP contribution in [0.25, 0.3) is 82.1 Å². The van der Waals surface area contributed by atoms with Gasteiger partial charge in [0.25, 0.3) is 0 Å². The van der Waals surface area contributed by atoms with E-state index in [1.165, 1.54) is 0 Å². The highest BCUT2D eigenvalue weighted by Gasteiger charge is 2.19. The number of nitriles is 2. The molecule has 230 valence electrons. The lowest BCUT2D eigenvalue weighted by atomic mass is 9.98. The van der Waals surface area contributed by atoms with Crippen molar-refractivity contribution in [2.75, 3.05) is 0 Å². The van der Waals surface area contributed by atoms with Crippen LogP contribution in [-0.4, -0.2) is 9.13 Å². The van der Waals surface area contributed by atoms with Crippen LogP contribution >= 0.6 is 0 Å². The zero-order chi connectivity index (χ0) is 33.8. The van der Waals surface area contributed by atoms with Gasteiger partial charge in [-0.15, -0.1) is 0 Å². The summed E-state index contributed by atoms with van der Waals surface area (Å²) in [6, 6.07) is 55.6. The van der Waals surface area contributed by atoms with Gasteiger partial charge >= 0.3 is 0 Å². The van der Waals surface area contributed by atoms with Gasteiger partial charge in [-0.25, -0.2) is 4.85 Å². The van der Waals surface area contributed by atoms with Crippen molar-refractivity contribution in [3.8, 4) is 45.8 Å². The fourth-order valence-electron chi connectivity index (χ4n) is 7.34. The van der Waals surface area contributed by atoms with E-state index in [0.717, 1.165) is 77.2 Å². The molecule has 0 radical (unpaired) electrons. The maximum absolute atomic E-state index is 9.62. The number of nitrogens with zero attached hydrogens (tertiary/aromatic N) is 5. The van der Waals surface area contributed by atoms with E-state index in [1.54, 1.807) is 0 Å². The molecule has 7 aromatic carbocycles. The molecule has 0 saturated heterocycles. The van der Waals surface area contributed by atoms with E-state index < -0.39 is 0 Å². The Labute approximate surface area is 288 Å². The minimum Gasteiger partial charge on any atom is -0.318 e. The fraction of sp³-hybridized carbons (Fsp3) is 0. The maximum atomic E-state index is 9.62. The number of benzene rings is 7. The highest BCUT2D eigenvalue weighted by Crippen LogP contribution is 2.41. The normalized spacial score (nSPS) is 11.1. The smallest absolute Gasteiger partial charge is 0.211 e. The summed E-state index contributed by atoms with van der Waals surface area (Å²) in [5, 5.41) is 23.5. The first-order chi connectivity index (χ1) is 24.7. The number of fused-ring (bicyclic) bond motifs is 6. The summed E-state index contributed by atoms with van der Waals surface area (Å²) in [6.07, 6.45) is 0. The van der Waals surface area contributed by atoms with Crippen molar-refractivity contribution < 1.29 is 0 Å². The van der Waals surface area contributed by atoms with Crippen LogP contribution in [0.4, 0.5) is 5.69 Å². The van der Waals surface area contributed by atoms with E-state index in [9.17, 15) is 10.5 Å². The molecule has 0 atom stereocenters. The summed E-state index contributed by atoms with van der Waals surface area (Å²) in [7, 11) is 0. The first-order valence-electron chi connectivity index (χ1n) is 16.3. The van der Waals surface area contributed by atoms with Gasteiger partial charge in [0, 0.05) is 27.2 Å². The van der Waals surface area contributed by atoms with Crippen molar-refractivity contribution in [1.29, 1.82) is 10.5 Å². The predicted molar refractivity (Wildman–Crippen MR) is 202 cm³/mol. The highest BCUT2D eigenvalue weighted by atomic mass is 15.0. The van der Waals surface area contributed by atoms with Crippen LogP contribution in [0.2, 0.25) is 0 Å². The maximum Gasteiger partial charge on any atom is 0.211 e. The highest BCUT2D eigenvalue weighted by molar-refractivity contribution is 6.11.